The Balaban J connectivity index is 2.79. The fourth-order valence-electron chi connectivity index (χ4n) is 0.502. The van der Waals surface area contributed by atoms with Gasteiger partial charge < -0.3 is 10.8 Å². The molecule has 6 heteroatoms. The molecule has 1 unspecified atom stereocenters. The number of amides is 2. The van der Waals surface area contributed by atoms with E-state index in [2.05, 4.69) is 4.99 Å². The minimum atomic E-state index is -1.18. The van der Waals surface area contributed by atoms with Gasteiger partial charge in [-0.3, -0.25) is 5.21 Å². The topological polar surface area (TPSA) is 99.2 Å². The highest BCUT2D eigenvalue weighted by Gasteiger charge is 2.24. The van der Waals surface area contributed by atoms with Gasteiger partial charge in [-0.05, 0) is 0 Å². The molecule has 4 N–H and O–H groups in total. The number of carbonyl (C=O) groups excluding carboxylic acids is 1. The van der Waals surface area contributed by atoms with Crippen LogP contribution in [0.15, 0.2) is 4.99 Å². The number of carbonyl (C=O) groups is 1. The number of hydroxylamine groups is 2. The van der Waals surface area contributed by atoms with Gasteiger partial charge in [-0.2, -0.15) is 10.1 Å². The first kappa shape index (κ1) is 6.97. The van der Waals surface area contributed by atoms with Crippen molar-refractivity contribution in [3.05, 3.63) is 6.54 Å². The summed E-state index contributed by atoms with van der Waals surface area (Å²) in [4.78, 5) is 13.5. The van der Waals surface area contributed by atoms with E-state index in [9.17, 15) is 4.79 Å². The van der Waals surface area contributed by atoms with Crippen molar-refractivity contribution in [1.82, 2.24) is 5.06 Å². The van der Waals surface area contributed by atoms with Crippen molar-refractivity contribution in [2.75, 3.05) is 0 Å². The maximum Gasteiger partial charge on any atom is 0.369 e. The first-order valence-electron chi connectivity index (χ1n) is 2.50. The summed E-state index contributed by atoms with van der Waals surface area (Å²) in [5.41, 5.74) is 5.04. The Labute approximate surface area is 56.5 Å². The number of aliphatic hydroxyl groups excluding tert-OH is 1. The van der Waals surface area contributed by atoms with Crippen LogP contribution in [-0.2, 0) is 0 Å². The molecule has 1 rings (SSSR count). The summed E-state index contributed by atoms with van der Waals surface area (Å²) in [6, 6.07) is -0.900. The van der Waals surface area contributed by atoms with Gasteiger partial charge in [0.15, 0.2) is 0 Å². The van der Waals surface area contributed by atoms with Gasteiger partial charge in [-0.15, -0.1) is 0 Å². The summed E-state index contributed by atoms with van der Waals surface area (Å²) >= 11 is 0. The summed E-state index contributed by atoms with van der Waals surface area (Å²) in [5, 5.41) is 17.6. The van der Waals surface area contributed by atoms with E-state index in [0.717, 1.165) is 6.54 Å². The van der Waals surface area contributed by atoms with E-state index in [1.807, 2.05) is 0 Å². The third-order valence-electron chi connectivity index (χ3n) is 1.01. The third kappa shape index (κ3) is 1.07. The predicted molar refractivity (Wildman–Crippen MR) is 31.0 cm³/mol. The van der Waals surface area contributed by atoms with Crippen LogP contribution in [0.5, 0.6) is 0 Å². The van der Waals surface area contributed by atoms with Crippen LogP contribution in [0, 0.1) is 6.54 Å². The normalized spacial score (nSPS) is 26.6. The van der Waals surface area contributed by atoms with Crippen molar-refractivity contribution in [2.45, 2.75) is 6.10 Å². The molecule has 1 radical (unpaired) electrons. The number of amidine groups is 1. The van der Waals surface area contributed by atoms with E-state index in [0.29, 0.717) is 0 Å². The summed E-state index contributed by atoms with van der Waals surface area (Å²) in [6.07, 6.45) is -1.18. The van der Waals surface area contributed by atoms with Crippen LogP contribution in [0.3, 0.4) is 0 Å². The molecule has 10 heavy (non-hydrogen) atoms. The standard InChI is InChI=1S/C4H6N3O3/c5-3-2(8)1-7(10)4(9)6-3/h1-2,8,10H,(H2,5,6,9). The average Bonchev–Trinajstić information content (AvgIpc) is 1.84. The highest BCUT2D eigenvalue weighted by molar-refractivity contribution is 5.98. The number of nitrogens with zero attached hydrogens (tertiary/aromatic N) is 2. The number of hydrogen-bond acceptors (Lipinski definition) is 4. The Kier molecular flexibility index (Phi) is 1.56. The van der Waals surface area contributed by atoms with E-state index in [1.165, 1.54) is 0 Å². The molecule has 1 aliphatic rings. The molecule has 1 heterocycles. The zero-order chi connectivity index (χ0) is 7.72. The molecule has 1 aliphatic heterocycles. The Morgan fingerprint density at radius 2 is 2.40 bits per heavy atom. The lowest BCUT2D eigenvalue weighted by atomic mass is 10.3. The number of hydrogen-bond donors (Lipinski definition) is 3. The lowest BCUT2D eigenvalue weighted by Crippen LogP contribution is -2.42. The molecule has 1 atom stereocenters. The van der Waals surface area contributed by atoms with Crippen molar-refractivity contribution in [2.24, 2.45) is 10.7 Å². The largest absolute Gasteiger partial charge is 0.385 e. The van der Waals surface area contributed by atoms with Gasteiger partial charge in [0.1, 0.15) is 18.5 Å². The van der Waals surface area contributed by atoms with Crippen molar-refractivity contribution >= 4 is 11.9 Å². The number of urea groups is 1. The Morgan fingerprint density at radius 3 is 2.90 bits per heavy atom. The second-order valence-electron chi connectivity index (χ2n) is 1.76. The van der Waals surface area contributed by atoms with Gasteiger partial charge >= 0.3 is 6.03 Å². The molecule has 0 saturated heterocycles. The Morgan fingerprint density at radius 1 is 1.80 bits per heavy atom. The van der Waals surface area contributed by atoms with Crippen LogP contribution in [-0.4, -0.2) is 33.3 Å². The van der Waals surface area contributed by atoms with Crippen molar-refractivity contribution < 1.29 is 15.1 Å². The monoisotopic (exact) mass is 144 g/mol. The lowest BCUT2D eigenvalue weighted by Gasteiger charge is -2.20. The van der Waals surface area contributed by atoms with Crippen LogP contribution in [0.25, 0.3) is 0 Å². The maximum atomic E-state index is 10.4. The molecule has 0 fully saturated rings. The average molecular weight is 144 g/mol. The van der Waals surface area contributed by atoms with Crippen molar-refractivity contribution in [1.29, 1.82) is 0 Å². The van der Waals surface area contributed by atoms with Crippen molar-refractivity contribution in [3.63, 3.8) is 0 Å². The zero-order valence-electron chi connectivity index (χ0n) is 4.93. The number of rotatable bonds is 0. The van der Waals surface area contributed by atoms with Gasteiger partial charge in [0.2, 0.25) is 0 Å². The molecule has 2 amide bonds. The van der Waals surface area contributed by atoms with Gasteiger partial charge in [0.05, 0.1) is 0 Å². The van der Waals surface area contributed by atoms with E-state index < -0.39 is 12.1 Å². The zero-order valence-corrected chi connectivity index (χ0v) is 4.93. The first-order chi connectivity index (χ1) is 4.61. The van der Waals surface area contributed by atoms with Crippen LogP contribution in [0.2, 0.25) is 0 Å². The fourth-order valence-corrected chi connectivity index (χ4v) is 0.502. The minimum Gasteiger partial charge on any atom is -0.385 e. The third-order valence-corrected chi connectivity index (χ3v) is 1.01. The van der Waals surface area contributed by atoms with E-state index in [-0.39, 0.29) is 10.9 Å². The summed E-state index contributed by atoms with van der Waals surface area (Å²) < 4.78 is 0. The summed E-state index contributed by atoms with van der Waals surface area (Å²) in [6.45, 7) is 0.852. The molecule has 0 saturated carbocycles. The van der Waals surface area contributed by atoms with E-state index >= 15 is 0 Å². The Hall–Kier alpha value is -1.14. The second kappa shape index (κ2) is 2.24. The van der Waals surface area contributed by atoms with Gasteiger partial charge in [-0.25, -0.2) is 4.79 Å². The maximum absolute atomic E-state index is 10.4. The molecule has 0 aromatic heterocycles. The quantitative estimate of drug-likeness (QED) is 0.367. The molecule has 0 aliphatic carbocycles. The number of aliphatic imine (C=N–C) groups is 1. The molecule has 0 aromatic rings. The molecule has 55 valence electrons. The molecular formula is C4H6N3O3. The molecule has 0 aromatic carbocycles. The van der Waals surface area contributed by atoms with Crippen LogP contribution >= 0.6 is 0 Å². The SMILES string of the molecule is NC1=NC(=O)N(O)[CH]C1O. The van der Waals surface area contributed by atoms with Gasteiger partial charge in [0, 0.05) is 0 Å². The molecule has 6 nitrogen and oxygen atoms in total. The lowest BCUT2D eigenvalue weighted by molar-refractivity contribution is -0.0295. The van der Waals surface area contributed by atoms with E-state index in [4.69, 9.17) is 16.0 Å². The highest BCUT2D eigenvalue weighted by atomic mass is 16.5. The molecular weight excluding hydrogens is 138 g/mol. The smallest absolute Gasteiger partial charge is 0.369 e. The highest BCUT2D eigenvalue weighted by Crippen LogP contribution is 2.04. The molecule has 0 spiro atoms. The number of aliphatic hydroxyl groups is 1. The van der Waals surface area contributed by atoms with Crippen molar-refractivity contribution in [3.8, 4) is 0 Å². The second-order valence-corrected chi connectivity index (χ2v) is 1.76. The molecule has 0 bridgehead atoms. The van der Waals surface area contributed by atoms with Crippen LogP contribution < -0.4 is 5.73 Å². The van der Waals surface area contributed by atoms with Crippen LogP contribution in [0.1, 0.15) is 0 Å². The number of nitrogens with two attached hydrogens (primary N) is 1. The fraction of sp³-hybridized carbons (Fsp3) is 0.250. The van der Waals surface area contributed by atoms with E-state index in [1.54, 1.807) is 0 Å². The van der Waals surface area contributed by atoms with Crippen LogP contribution in [0.4, 0.5) is 4.79 Å². The minimum absolute atomic E-state index is 0.182. The van der Waals surface area contributed by atoms with Gasteiger partial charge in [0.25, 0.3) is 0 Å². The first-order valence-corrected chi connectivity index (χ1v) is 2.50. The predicted octanol–water partition coefficient (Wildman–Crippen LogP) is -1.31. The van der Waals surface area contributed by atoms with Gasteiger partial charge in [-0.1, -0.05) is 0 Å². The summed E-state index contributed by atoms with van der Waals surface area (Å²) in [5.74, 6) is -0.213. The summed E-state index contributed by atoms with van der Waals surface area (Å²) in [7, 11) is 0. The Bertz CT molecular complexity index is 190.